The first-order valence-corrected chi connectivity index (χ1v) is 8.75. The number of nitrogens with zero attached hydrogens (tertiary/aromatic N) is 2. The van der Waals surface area contributed by atoms with E-state index in [-0.39, 0.29) is 18.4 Å². The summed E-state index contributed by atoms with van der Waals surface area (Å²) < 4.78 is 7.12. The van der Waals surface area contributed by atoms with Crippen LogP contribution in [0.1, 0.15) is 12.8 Å². The van der Waals surface area contributed by atoms with E-state index < -0.39 is 5.54 Å². The number of aromatic nitrogens is 2. The second-order valence-electron chi connectivity index (χ2n) is 6.35. The van der Waals surface area contributed by atoms with Gasteiger partial charge < -0.3 is 20.7 Å². The summed E-state index contributed by atoms with van der Waals surface area (Å²) in [6.07, 6.45) is 4.71. The number of rotatable bonds is 3. The van der Waals surface area contributed by atoms with Crippen LogP contribution in [-0.2, 0) is 15.1 Å². The molecule has 0 radical (unpaired) electrons. The molecule has 26 heavy (non-hydrogen) atoms. The summed E-state index contributed by atoms with van der Waals surface area (Å²) in [5.74, 6) is 0.0600. The highest BCUT2D eigenvalue weighted by Crippen LogP contribution is 2.37. The lowest BCUT2D eigenvalue weighted by Crippen LogP contribution is -2.52. The van der Waals surface area contributed by atoms with Crippen molar-refractivity contribution < 1.29 is 14.3 Å². The van der Waals surface area contributed by atoms with Gasteiger partial charge in [0, 0.05) is 18.5 Å². The van der Waals surface area contributed by atoms with E-state index in [4.69, 9.17) is 16.3 Å². The molecule has 1 aromatic heterocycles. The summed E-state index contributed by atoms with van der Waals surface area (Å²) in [6, 6.07) is 5.01. The second kappa shape index (κ2) is 6.62. The standard InChI is InChI=1S/C17H18ClN5O3/c18-11-8-13-14(26-10-15(24)21-13)9-12(11)22-16(25)17(2-5-19-6-3-17)23-7-1-4-20-23/h1,4,7-9,19H,2-3,5-6,10H2,(H,21,24)(H,22,25). The van der Waals surface area contributed by atoms with Crippen LogP contribution < -0.4 is 20.7 Å². The predicted molar refractivity (Wildman–Crippen MR) is 96.5 cm³/mol. The Hall–Kier alpha value is -2.58. The molecule has 0 bridgehead atoms. The van der Waals surface area contributed by atoms with Crippen LogP contribution in [0.4, 0.5) is 11.4 Å². The second-order valence-corrected chi connectivity index (χ2v) is 6.76. The van der Waals surface area contributed by atoms with Gasteiger partial charge in [0.05, 0.1) is 16.4 Å². The molecule has 4 rings (SSSR count). The molecule has 2 amide bonds. The lowest BCUT2D eigenvalue weighted by atomic mass is 9.87. The van der Waals surface area contributed by atoms with Gasteiger partial charge in [-0.05, 0) is 38.1 Å². The molecule has 0 saturated carbocycles. The number of carbonyl (C=O) groups excluding carboxylic acids is 2. The van der Waals surface area contributed by atoms with Crippen molar-refractivity contribution in [2.45, 2.75) is 18.4 Å². The van der Waals surface area contributed by atoms with Crippen molar-refractivity contribution in [2.24, 2.45) is 0 Å². The number of amides is 2. The van der Waals surface area contributed by atoms with Gasteiger partial charge in [-0.2, -0.15) is 5.10 Å². The van der Waals surface area contributed by atoms with Crippen molar-refractivity contribution in [3.8, 4) is 5.75 Å². The van der Waals surface area contributed by atoms with Crippen molar-refractivity contribution >= 4 is 34.8 Å². The van der Waals surface area contributed by atoms with E-state index >= 15 is 0 Å². The first-order valence-electron chi connectivity index (χ1n) is 8.37. The SMILES string of the molecule is O=C1COc2cc(NC(=O)C3(n4cccn4)CCNCC3)c(Cl)cc2N1. The largest absolute Gasteiger partial charge is 0.482 e. The number of anilines is 2. The van der Waals surface area contributed by atoms with Crippen LogP contribution in [0.5, 0.6) is 5.75 Å². The number of halogens is 1. The Labute approximate surface area is 154 Å². The van der Waals surface area contributed by atoms with Crippen molar-refractivity contribution in [1.82, 2.24) is 15.1 Å². The topological polar surface area (TPSA) is 97.3 Å². The quantitative estimate of drug-likeness (QED) is 0.756. The third kappa shape index (κ3) is 2.91. The average molecular weight is 376 g/mol. The summed E-state index contributed by atoms with van der Waals surface area (Å²) in [5, 5.41) is 13.5. The lowest BCUT2D eigenvalue weighted by molar-refractivity contribution is -0.126. The maximum atomic E-state index is 13.2. The summed E-state index contributed by atoms with van der Waals surface area (Å²) in [4.78, 5) is 24.6. The minimum Gasteiger partial charge on any atom is -0.482 e. The first-order chi connectivity index (χ1) is 12.6. The van der Waals surface area contributed by atoms with Gasteiger partial charge in [0.1, 0.15) is 11.3 Å². The van der Waals surface area contributed by atoms with Gasteiger partial charge in [-0.3, -0.25) is 14.3 Å². The maximum absolute atomic E-state index is 13.2. The van der Waals surface area contributed by atoms with Crippen LogP contribution in [0.2, 0.25) is 5.02 Å². The van der Waals surface area contributed by atoms with Crippen molar-refractivity contribution in [2.75, 3.05) is 30.3 Å². The number of nitrogens with one attached hydrogen (secondary N) is 3. The molecule has 0 unspecified atom stereocenters. The molecular weight excluding hydrogens is 358 g/mol. The molecule has 3 N–H and O–H groups in total. The molecule has 1 fully saturated rings. The van der Waals surface area contributed by atoms with E-state index in [1.807, 2.05) is 0 Å². The van der Waals surface area contributed by atoms with E-state index in [0.717, 1.165) is 13.1 Å². The molecule has 0 atom stereocenters. The third-order valence-corrected chi connectivity index (χ3v) is 5.06. The third-order valence-electron chi connectivity index (χ3n) is 4.75. The highest BCUT2D eigenvalue weighted by Gasteiger charge is 2.42. The van der Waals surface area contributed by atoms with E-state index in [2.05, 4.69) is 21.0 Å². The molecule has 1 saturated heterocycles. The number of carbonyl (C=O) groups is 2. The smallest absolute Gasteiger partial charge is 0.262 e. The zero-order chi connectivity index (χ0) is 18.1. The summed E-state index contributed by atoms with van der Waals surface area (Å²) in [7, 11) is 0. The van der Waals surface area contributed by atoms with Crippen LogP contribution in [0.15, 0.2) is 30.6 Å². The fourth-order valence-corrected chi connectivity index (χ4v) is 3.57. The van der Waals surface area contributed by atoms with Crippen molar-refractivity contribution in [3.63, 3.8) is 0 Å². The van der Waals surface area contributed by atoms with Crippen LogP contribution in [0, 0.1) is 0 Å². The molecule has 3 heterocycles. The monoisotopic (exact) mass is 375 g/mol. The normalized spacial score (nSPS) is 18.4. The molecular formula is C17H18ClN5O3. The van der Waals surface area contributed by atoms with Gasteiger partial charge in [0.15, 0.2) is 6.61 Å². The molecule has 8 nitrogen and oxygen atoms in total. The maximum Gasteiger partial charge on any atom is 0.262 e. The number of benzene rings is 1. The predicted octanol–water partition coefficient (Wildman–Crippen LogP) is 1.58. The Kier molecular flexibility index (Phi) is 4.29. The number of ether oxygens (including phenoxy) is 1. The van der Waals surface area contributed by atoms with E-state index in [1.165, 1.54) is 0 Å². The fourth-order valence-electron chi connectivity index (χ4n) is 3.36. The van der Waals surface area contributed by atoms with E-state index in [1.54, 1.807) is 35.3 Å². The van der Waals surface area contributed by atoms with Gasteiger partial charge in [-0.15, -0.1) is 0 Å². The van der Waals surface area contributed by atoms with Gasteiger partial charge >= 0.3 is 0 Å². The zero-order valence-electron chi connectivity index (χ0n) is 13.9. The number of fused-ring (bicyclic) bond motifs is 1. The zero-order valence-corrected chi connectivity index (χ0v) is 14.7. The van der Waals surface area contributed by atoms with Gasteiger partial charge in [-0.25, -0.2) is 0 Å². The van der Waals surface area contributed by atoms with E-state index in [9.17, 15) is 9.59 Å². The minimum absolute atomic E-state index is 0.0646. The Balaban J connectivity index is 1.64. The van der Waals surface area contributed by atoms with Crippen LogP contribution in [0.25, 0.3) is 0 Å². The molecule has 136 valence electrons. The van der Waals surface area contributed by atoms with E-state index in [0.29, 0.717) is 35.0 Å². The summed E-state index contributed by atoms with van der Waals surface area (Å²) in [6.45, 7) is 1.38. The van der Waals surface area contributed by atoms with Crippen molar-refractivity contribution in [1.29, 1.82) is 0 Å². The number of hydrogen-bond acceptors (Lipinski definition) is 5. The highest BCUT2D eigenvalue weighted by molar-refractivity contribution is 6.34. The molecule has 2 aliphatic heterocycles. The average Bonchev–Trinajstić information content (AvgIpc) is 3.18. The van der Waals surface area contributed by atoms with Crippen LogP contribution in [-0.4, -0.2) is 41.3 Å². The fraction of sp³-hybridized carbons (Fsp3) is 0.353. The molecule has 2 aromatic rings. The van der Waals surface area contributed by atoms with Crippen LogP contribution >= 0.6 is 11.6 Å². The highest BCUT2D eigenvalue weighted by atomic mass is 35.5. The van der Waals surface area contributed by atoms with Crippen molar-refractivity contribution in [3.05, 3.63) is 35.6 Å². The summed E-state index contributed by atoms with van der Waals surface area (Å²) >= 11 is 6.31. The Morgan fingerprint density at radius 1 is 1.35 bits per heavy atom. The Morgan fingerprint density at radius 2 is 2.15 bits per heavy atom. The Bertz CT molecular complexity index is 846. The van der Waals surface area contributed by atoms with Gasteiger partial charge in [0.25, 0.3) is 11.8 Å². The van der Waals surface area contributed by atoms with Gasteiger partial charge in [-0.1, -0.05) is 11.6 Å². The van der Waals surface area contributed by atoms with Crippen LogP contribution in [0.3, 0.4) is 0 Å². The molecule has 2 aliphatic rings. The van der Waals surface area contributed by atoms with Gasteiger partial charge in [0.2, 0.25) is 0 Å². The number of piperidine rings is 1. The molecule has 0 aliphatic carbocycles. The lowest BCUT2D eigenvalue weighted by Gasteiger charge is -2.36. The Morgan fingerprint density at radius 3 is 2.88 bits per heavy atom. The molecule has 9 heteroatoms. The molecule has 1 aromatic carbocycles. The minimum atomic E-state index is -0.775. The first kappa shape index (κ1) is 16.9. The molecule has 0 spiro atoms. The number of hydrogen-bond donors (Lipinski definition) is 3. The summed E-state index contributed by atoms with van der Waals surface area (Å²) in [5.41, 5.74) is 0.160.